The lowest BCUT2D eigenvalue weighted by atomic mass is 10.1. The van der Waals surface area contributed by atoms with E-state index in [4.69, 9.17) is 18.9 Å². The molecule has 0 aliphatic carbocycles. The predicted molar refractivity (Wildman–Crippen MR) is 161 cm³/mol. The molecule has 0 fully saturated rings. The molecule has 0 amide bonds. The second kappa shape index (κ2) is 13.7. The lowest BCUT2D eigenvalue weighted by Gasteiger charge is -2.12. The highest BCUT2D eigenvalue weighted by Crippen LogP contribution is 2.30. The van der Waals surface area contributed by atoms with Gasteiger partial charge in [-0.05, 0) is 52.1 Å². The van der Waals surface area contributed by atoms with Gasteiger partial charge in [-0.3, -0.25) is 0 Å². The third-order valence-corrected chi connectivity index (χ3v) is 6.29. The summed E-state index contributed by atoms with van der Waals surface area (Å²) in [5.41, 5.74) is 5.28. The van der Waals surface area contributed by atoms with Crippen LogP contribution in [0.25, 0.3) is 12.2 Å². The third kappa shape index (κ3) is 7.78. The molecule has 0 aliphatic rings. The zero-order valence-electron chi connectivity index (χ0n) is 22.5. The molecule has 0 saturated heterocycles. The highest BCUT2D eigenvalue weighted by molar-refractivity contribution is 5.72. The maximum absolute atomic E-state index is 6.14. The summed E-state index contributed by atoms with van der Waals surface area (Å²) in [5, 5.41) is 0. The minimum atomic E-state index is 0.480. The van der Waals surface area contributed by atoms with Gasteiger partial charge in [0.05, 0.1) is 7.11 Å². The smallest absolute Gasteiger partial charge is 0.161 e. The average molecular weight is 529 g/mol. The second-order valence-electron chi connectivity index (χ2n) is 9.30. The quantitative estimate of drug-likeness (QED) is 0.152. The first-order chi connectivity index (χ1) is 19.7. The monoisotopic (exact) mass is 528 g/mol. The van der Waals surface area contributed by atoms with Gasteiger partial charge in [0.1, 0.15) is 31.3 Å². The van der Waals surface area contributed by atoms with E-state index in [2.05, 4.69) is 24.3 Å². The van der Waals surface area contributed by atoms with Crippen molar-refractivity contribution in [1.82, 2.24) is 0 Å². The molecule has 0 atom stereocenters. The van der Waals surface area contributed by atoms with Crippen molar-refractivity contribution in [3.05, 3.63) is 155 Å². The third-order valence-electron chi connectivity index (χ3n) is 6.29. The van der Waals surface area contributed by atoms with E-state index in [0.29, 0.717) is 31.3 Å². The fourth-order valence-corrected chi connectivity index (χ4v) is 4.17. The molecule has 5 aromatic carbocycles. The molecule has 4 heteroatoms. The van der Waals surface area contributed by atoms with E-state index in [1.165, 1.54) is 0 Å². The van der Waals surface area contributed by atoms with Gasteiger partial charge in [-0.25, -0.2) is 0 Å². The molecule has 5 rings (SSSR count). The Bertz CT molecular complexity index is 1450. The first-order valence-electron chi connectivity index (χ1n) is 13.3. The summed E-state index contributed by atoms with van der Waals surface area (Å²) >= 11 is 0. The molecule has 0 unspecified atom stereocenters. The maximum atomic E-state index is 6.14. The van der Waals surface area contributed by atoms with Crippen molar-refractivity contribution in [2.24, 2.45) is 0 Å². The summed E-state index contributed by atoms with van der Waals surface area (Å²) in [4.78, 5) is 0. The van der Waals surface area contributed by atoms with Crippen molar-refractivity contribution in [1.29, 1.82) is 0 Å². The Morgan fingerprint density at radius 2 is 0.925 bits per heavy atom. The van der Waals surface area contributed by atoms with Crippen LogP contribution >= 0.6 is 0 Å². The van der Waals surface area contributed by atoms with Gasteiger partial charge in [-0.1, -0.05) is 109 Å². The Morgan fingerprint density at radius 1 is 0.450 bits per heavy atom. The lowest BCUT2D eigenvalue weighted by Crippen LogP contribution is -1.98. The SMILES string of the molecule is COc1cc(/C=C/c2cc(OCc3ccccc3)cc(OCc3ccccc3)c2)ccc1OCc1ccccc1. The zero-order valence-corrected chi connectivity index (χ0v) is 22.5. The molecule has 5 aromatic rings. The van der Waals surface area contributed by atoms with Crippen LogP contribution in [0, 0.1) is 0 Å². The van der Waals surface area contributed by atoms with Gasteiger partial charge in [0.25, 0.3) is 0 Å². The first kappa shape index (κ1) is 26.6. The van der Waals surface area contributed by atoms with Crippen molar-refractivity contribution in [2.45, 2.75) is 19.8 Å². The fourth-order valence-electron chi connectivity index (χ4n) is 4.17. The van der Waals surface area contributed by atoms with Crippen LogP contribution < -0.4 is 18.9 Å². The summed E-state index contributed by atoms with van der Waals surface area (Å²) < 4.78 is 23.9. The summed E-state index contributed by atoms with van der Waals surface area (Å²) in [7, 11) is 1.65. The Hall–Kier alpha value is -4.96. The average Bonchev–Trinajstić information content (AvgIpc) is 3.02. The van der Waals surface area contributed by atoms with Gasteiger partial charge in [-0.15, -0.1) is 0 Å². The molecule has 0 radical (unpaired) electrons. The van der Waals surface area contributed by atoms with Gasteiger partial charge in [0.15, 0.2) is 11.5 Å². The van der Waals surface area contributed by atoms with E-state index in [1.807, 2.05) is 115 Å². The van der Waals surface area contributed by atoms with Crippen LogP contribution in [0.1, 0.15) is 27.8 Å². The molecule has 0 N–H and O–H groups in total. The largest absolute Gasteiger partial charge is 0.493 e. The maximum Gasteiger partial charge on any atom is 0.161 e. The molecule has 0 aliphatic heterocycles. The van der Waals surface area contributed by atoms with Crippen molar-refractivity contribution in [2.75, 3.05) is 7.11 Å². The van der Waals surface area contributed by atoms with E-state index in [9.17, 15) is 0 Å². The van der Waals surface area contributed by atoms with Gasteiger partial charge in [-0.2, -0.15) is 0 Å². The van der Waals surface area contributed by atoms with Crippen molar-refractivity contribution in [3.8, 4) is 23.0 Å². The topological polar surface area (TPSA) is 36.9 Å². The van der Waals surface area contributed by atoms with E-state index >= 15 is 0 Å². The van der Waals surface area contributed by atoms with Crippen LogP contribution in [0.5, 0.6) is 23.0 Å². The Morgan fingerprint density at radius 3 is 1.43 bits per heavy atom. The Kier molecular flexibility index (Phi) is 9.14. The molecule has 0 saturated carbocycles. The predicted octanol–water partition coefficient (Wildman–Crippen LogP) is 8.60. The number of methoxy groups -OCH3 is 1. The standard InChI is InChI=1S/C36H32O4/c1-37-36-23-28(19-20-35(36)40-27-31-15-9-4-10-16-31)17-18-32-21-33(38-25-29-11-5-2-6-12-29)24-34(22-32)39-26-30-13-7-3-8-14-30/h2-24H,25-27H2,1H3/b18-17+. The normalized spacial score (nSPS) is 10.8. The fraction of sp³-hybridized carbons (Fsp3) is 0.111. The summed E-state index contributed by atoms with van der Waals surface area (Å²) in [6.07, 6.45) is 4.09. The molecule has 0 heterocycles. The van der Waals surface area contributed by atoms with Crippen molar-refractivity contribution in [3.63, 3.8) is 0 Å². The summed E-state index contributed by atoms with van der Waals surface area (Å²) in [5.74, 6) is 2.88. The molecular formula is C36H32O4. The zero-order chi connectivity index (χ0) is 27.4. The van der Waals surface area contributed by atoms with Crippen LogP contribution in [0.3, 0.4) is 0 Å². The van der Waals surface area contributed by atoms with E-state index in [0.717, 1.165) is 39.3 Å². The van der Waals surface area contributed by atoms with Crippen LogP contribution in [0.15, 0.2) is 127 Å². The number of hydrogen-bond donors (Lipinski definition) is 0. The van der Waals surface area contributed by atoms with E-state index in [1.54, 1.807) is 7.11 Å². The highest BCUT2D eigenvalue weighted by Gasteiger charge is 2.07. The Balaban J connectivity index is 1.32. The van der Waals surface area contributed by atoms with Crippen LogP contribution in [0.2, 0.25) is 0 Å². The van der Waals surface area contributed by atoms with Crippen LogP contribution in [-0.4, -0.2) is 7.11 Å². The number of hydrogen-bond acceptors (Lipinski definition) is 4. The van der Waals surface area contributed by atoms with Crippen molar-refractivity contribution >= 4 is 12.2 Å². The van der Waals surface area contributed by atoms with Crippen LogP contribution in [-0.2, 0) is 19.8 Å². The van der Waals surface area contributed by atoms with Gasteiger partial charge >= 0.3 is 0 Å². The number of benzene rings is 5. The van der Waals surface area contributed by atoms with Crippen LogP contribution in [0.4, 0.5) is 0 Å². The summed E-state index contributed by atoms with van der Waals surface area (Å²) in [6, 6.07) is 42.2. The van der Waals surface area contributed by atoms with Gasteiger partial charge in [0.2, 0.25) is 0 Å². The lowest BCUT2D eigenvalue weighted by molar-refractivity contribution is 0.284. The van der Waals surface area contributed by atoms with Gasteiger partial charge < -0.3 is 18.9 Å². The molecule has 0 bridgehead atoms. The second-order valence-corrected chi connectivity index (χ2v) is 9.30. The molecular weight excluding hydrogens is 496 g/mol. The Labute approximate surface area is 236 Å². The molecule has 40 heavy (non-hydrogen) atoms. The molecule has 0 aromatic heterocycles. The summed E-state index contributed by atoms with van der Waals surface area (Å²) in [6.45, 7) is 1.44. The first-order valence-corrected chi connectivity index (χ1v) is 13.3. The molecule has 0 spiro atoms. The van der Waals surface area contributed by atoms with Crippen molar-refractivity contribution < 1.29 is 18.9 Å². The van der Waals surface area contributed by atoms with E-state index < -0.39 is 0 Å². The van der Waals surface area contributed by atoms with E-state index in [-0.39, 0.29) is 0 Å². The minimum absolute atomic E-state index is 0.480. The minimum Gasteiger partial charge on any atom is -0.493 e. The number of rotatable bonds is 12. The molecule has 4 nitrogen and oxygen atoms in total. The highest BCUT2D eigenvalue weighted by atomic mass is 16.5. The molecule has 200 valence electrons. The van der Waals surface area contributed by atoms with Gasteiger partial charge in [0, 0.05) is 6.07 Å². The number of ether oxygens (including phenoxy) is 4.